The van der Waals surface area contributed by atoms with Crippen molar-refractivity contribution in [2.45, 2.75) is 26.4 Å². The van der Waals surface area contributed by atoms with Crippen LogP contribution in [-0.4, -0.2) is 50.2 Å². The van der Waals surface area contributed by atoms with E-state index in [0.717, 1.165) is 37.6 Å². The van der Waals surface area contributed by atoms with Gasteiger partial charge in [0, 0.05) is 32.0 Å². The number of benzene rings is 1. The molecule has 0 saturated heterocycles. The van der Waals surface area contributed by atoms with Crippen molar-refractivity contribution in [3.05, 3.63) is 36.2 Å². The number of ether oxygens (including phenoxy) is 3. The normalized spacial score (nSPS) is 10.8. The van der Waals surface area contributed by atoms with Crippen molar-refractivity contribution in [2.75, 3.05) is 34.4 Å². The molecule has 0 atom stereocenters. The third-order valence-corrected chi connectivity index (χ3v) is 3.90. The lowest BCUT2D eigenvalue weighted by molar-refractivity contribution is 0.324. The van der Waals surface area contributed by atoms with Gasteiger partial charge in [-0.2, -0.15) is 5.10 Å². The minimum atomic E-state index is 0. The average molecular weight is 503 g/mol. The van der Waals surface area contributed by atoms with E-state index in [-0.39, 0.29) is 24.0 Å². The largest absolute Gasteiger partial charge is 0.493 e. The van der Waals surface area contributed by atoms with E-state index in [0.29, 0.717) is 23.8 Å². The molecule has 9 heteroatoms. The van der Waals surface area contributed by atoms with Crippen molar-refractivity contribution in [1.29, 1.82) is 0 Å². The van der Waals surface area contributed by atoms with Crippen LogP contribution in [0.25, 0.3) is 0 Å². The second-order valence-corrected chi connectivity index (χ2v) is 5.78. The maximum atomic E-state index is 5.40. The number of methoxy groups -OCH3 is 3. The molecule has 0 fully saturated rings. The molecule has 0 saturated carbocycles. The number of hydrogen-bond acceptors (Lipinski definition) is 5. The predicted molar refractivity (Wildman–Crippen MR) is 121 cm³/mol. The Balaban J connectivity index is 0.00000392. The standard InChI is InChI=1S/C19H29N5O3.HI/c1-5-20-19(21-8-6-10-24-11-7-9-23-24)22-14-15-12-16(25-2)18(27-4)17(13-15)26-3;/h7,9,11-13H,5-6,8,10,14H2,1-4H3,(H2,20,21,22);1H. The van der Waals surface area contributed by atoms with Crippen molar-refractivity contribution >= 4 is 29.9 Å². The highest BCUT2D eigenvalue weighted by Crippen LogP contribution is 2.38. The highest BCUT2D eigenvalue weighted by atomic mass is 127. The highest BCUT2D eigenvalue weighted by Gasteiger charge is 2.13. The average Bonchev–Trinajstić information content (AvgIpc) is 3.21. The van der Waals surface area contributed by atoms with E-state index >= 15 is 0 Å². The smallest absolute Gasteiger partial charge is 0.203 e. The van der Waals surface area contributed by atoms with E-state index in [1.165, 1.54) is 0 Å². The zero-order valence-electron chi connectivity index (χ0n) is 16.9. The first-order valence-electron chi connectivity index (χ1n) is 9.00. The predicted octanol–water partition coefficient (Wildman–Crippen LogP) is 2.67. The lowest BCUT2D eigenvalue weighted by Gasteiger charge is -2.14. The Kier molecular flexibility index (Phi) is 11.2. The second-order valence-electron chi connectivity index (χ2n) is 5.78. The fourth-order valence-electron chi connectivity index (χ4n) is 2.62. The van der Waals surface area contributed by atoms with Crippen LogP contribution in [-0.2, 0) is 13.1 Å². The van der Waals surface area contributed by atoms with Gasteiger partial charge in [0.25, 0.3) is 0 Å². The zero-order valence-corrected chi connectivity index (χ0v) is 19.2. The molecule has 156 valence electrons. The molecule has 2 aromatic rings. The van der Waals surface area contributed by atoms with Gasteiger partial charge < -0.3 is 24.8 Å². The van der Waals surface area contributed by atoms with Crippen LogP contribution < -0.4 is 24.8 Å². The summed E-state index contributed by atoms with van der Waals surface area (Å²) >= 11 is 0. The Morgan fingerprint density at radius 3 is 2.36 bits per heavy atom. The van der Waals surface area contributed by atoms with Gasteiger partial charge >= 0.3 is 0 Å². The summed E-state index contributed by atoms with van der Waals surface area (Å²) in [5.74, 6) is 2.60. The number of nitrogens with one attached hydrogen (secondary N) is 2. The molecule has 2 N–H and O–H groups in total. The van der Waals surface area contributed by atoms with Crippen LogP contribution in [0.3, 0.4) is 0 Å². The number of rotatable bonds is 10. The molecular weight excluding hydrogens is 473 g/mol. The van der Waals surface area contributed by atoms with Crippen molar-refractivity contribution in [1.82, 2.24) is 20.4 Å². The first-order chi connectivity index (χ1) is 13.2. The number of guanidine groups is 1. The van der Waals surface area contributed by atoms with Crippen LogP contribution in [0.2, 0.25) is 0 Å². The molecule has 0 unspecified atom stereocenters. The number of aliphatic imine (C=N–C) groups is 1. The summed E-state index contributed by atoms with van der Waals surface area (Å²) in [6.07, 6.45) is 4.70. The Labute approximate surface area is 183 Å². The molecule has 0 aliphatic heterocycles. The lowest BCUT2D eigenvalue weighted by atomic mass is 10.2. The third-order valence-electron chi connectivity index (χ3n) is 3.90. The van der Waals surface area contributed by atoms with Gasteiger partial charge in [-0.25, -0.2) is 4.99 Å². The van der Waals surface area contributed by atoms with Gasteiger partial charge in [0.2, 0.25) is 5.75 Å². The Bertz CT molecular complexity index is 697. The molecule has 0 spiro atoms. The molecule has 28 heavy (non-hydrogen) atoms. The van der Waals surface area contributed by atoms with Crippen LogP contribution in [0, 0.1) is 0 Å². The van der Waals surface area contributed by atoms with Crippen LogP contribution in [0.15, 0.2) is 35.6 Å². The number of aromatic nitrogens is 2. The lowest BCUT2D eigenvalue weighted by Crippen LogP contribution is -2.38. The van der Waals surface area contributed by atoms with Gasteiger partial charge in [0.05, 0.1) is 27.9 Å². The van der Waals surface area contributed by atoms with Crippen LogP contribution in [0.5, 0.6) is 17.2 Å². The summed E-state index contributed by atoms with van der Waals surface area (Å²) in [6, 6.07) is 5.74. The molecule has 2 rings (SSSR count). The van der Waals surface area contributed by atoms with Crippen LogP contribution >= 0.6 is 24.0 Å². The monoisotopic (exact) mass is 503 g/mol. The molecule has 1 heterocycles. The molecule has 1 aromatic carbocycles. The Morgan fingerprint density at radius 1 is 1.11 bits per heavy atom. The number of halogens is 1. The summed E-state index contributed by atoms with van der Waals surface area (Å²) < 4.78 is 18.1. The van der Waals surface area contributed by atoms with E-state index in [4.69, 9.17) is 14.2 Å². The van der Waals surface area contributed by atoms with E-state index < -0.39 is 0 Å². The van der Waals surface area contributed by atoms with Gasteiger partial charge in [0.15, 0.2) is 17.5 Å². The van der Waals surface area contributed by atoms with Gasteiger partial charge in [-0.1, -0.05) is 0 Å². The minimum absolute atomic E-state index is 0. The summed E-state index contributed by atoms with van der Waals surface area (Å²) in [6.45, 7) is 5.00. The van der Waals surface area contributed by atoms with E-state index in [2.05, 4.69) is 20.7 Å². The maximum absolute atomic E-state index is 5.40. The molecule has 0 aliphatic rings. The van der Waals surface area contributed by atoms with E-state index in [9.17, 15) is 0 Å². The summed E-state index contributed by atoms with van der Waals surface area (Å²) in [5.41, 5.74) is 0.971. The fourth-order valence-corrected chi connectivity index (χ4v) is 2.62. The second kappa shape index (κ2) is 13.1. The third kappa shape index (κ3) is 7.10. The summed E-state index contributed by atoms with van der Waals surface area (Å²) in [4.78, 5) is 4.64. The molecule has 8 nitrogen and oxygen atoms in total. The summed E-state index contributed by atoms with van der Waals surface area (Å²) in [7, 11) is 4.81. The molecule has 0 aliphatic carbocycles. The SMILES string of the molecule is CCNC(=NCc1cc(OC)c(OC)c(OC)c1)NCCCn1cccn1.I. The number of nitrogens with zero attached hydrogens (tertiary/aromatic N) is 3. The molecule has 0 amide bonds. The first-order valence-corrected chi connectivity index (χ1v) is 9.00. The Morgan fingerprint density at radius 2 is 1.82 bits per heavy atom. The quantitative estimate of drug-likeness (QED) is 0.225. The van der Waals surface area contributed by atoms with Gasteiger partial charge in [0.1, 0.15) is 0 Å². The van der Waals surface area contributed by atoms with Crippen LogP contribution in [0.1, 0.15) is 18.9 Å². The number of aryl methyl sites for hydroxylation is 1. The maximum Gasteiger partial charge on any atom is 0.203 e. The van der Waals surface area contributed by atoms with E-state index in [1.807, 2.05) is 36.0 Å². The fraction of sp³-hybridized carbons (Fsp3) is 0.474. The number of hydrogen-bond donors (Lipinski definition) is 2. The minimum Gasteiger partial charge on any atom is -0.493 e. The topological polar surface area (TPSA) is 81.9 Å². The first kappa shape index (κ1) is 23.9. The van der Waals surface area contributed by atoms with Crippen molar-refractivity contribution in [3.8, 4) is 17.2 Å². The van der Waals surface area contributed by atoms with Crippen molar-refractivity contribution in [3.63, 3.8) is 0 Å². The van der Waals surface area contributed by atoms with E-state index in [1.54, 1.807) is 27.5 Å². The van der Waals surface area contributed by atoms with Crippen molar-refractivity contribution < 1.29 is 14.2 Å². The highest BCUT2D eigenvalue weighted by molar-refractivity contribution is 14.0. The summed E-state index contributed by atoms with van der Waals surface area (Å²) in [5, 5.41) is 10.8. The van der Waals surface area contributed by atoms with Gasteiger partial charge in [-0.3, -0.25) is 4.68 Å². The van der Waals surface area contributed by atoms with Crippen LogP contribution in [0.4, 0.5) is 0 Å². The molecule has 0 bridgehead atoms. The molecule has 0 radical (unpaired) electrons. The Hall–Kier alpha value is -2.17. The molecule has 1 aromatic heterocycles. The van der Waals surface area contributed by atoms with Crippen molar-refractivity contribution in [2.24, 2.45) is 4.99 Å². The molecular formula is C19H30IN5O3. The van der Waals surface area contributed by atoms with Gasteiger partial charge in [-0.05, 0) is 37.1 Å². The zero-order chi connectivity index (χ0) is 19.5. The van der Waals surface area contributed by atoms with Gasteiger partial charge in [-0.15, -0.1) is 24.0 Å².